The highest BCUT2D eigenvalue weighted by molar-refractivity contribution is 5.79. The van der Waals surface area contributed by atoms with Gasteiger partial charge in [0.2, 0.25) is 0 Å². The number of nitrogens with zero attached hydrogens (tertiary/aromatic N) is 1. The molecule has 2 aromatic rings. The topological polar surface area (TPSA) is 49.9 Å². The number of fused-ring (bicyclic) bond motifs is 1. The second kappa shape index (κ2) is 5.44. The SMILES string of the molecule is Cc1nc2ccc(NC3CCOC(C(C)C)C3)cc2[nH]1. The van der Waals surface area contributed by atoms with Crippen molar-refractivity contribution in [2.24, 2.45) is 5.92 Å². The summed E-state index contributed by atoms with van der Waals surface area (Å²) in [5.74, 6) is 1.54. The molecule has 0 aliphatic carbocycles. The van der Waals surface area contributed by atoms with Crippen LogP contribution in [-0.2, 0) is 4.74 Å². The summed E-state index contributed by atoms with van der Waals surface area (Å²) in [6.07, 6.45) is 2.53. The molecule has 0 spiro atoms. The van der Waals surface area contributed by atoms with Gasteiger partial charge in [-0.3, -0.25) is 0 Å². The number of ether oxygens (including phenoxy) is 1. The molecule has 1 aromatic carbocycles. The Balaban J connectivity index is 1.72. The Hall–Kier alpha value is -1.55. The van der Waals surface area contributed by atoms with Gasteiger partial charge in [0.15, 0.2) is 0 Å². The minimum atomic E-state index is 0.374. The molecule has 4 nitrogen and oxygen atoms in total. The van der Waals surface area contributed by atoms with Crippen LogP contribution in [0.2, 0.25) is 0 Å². The zero-order valence-corrected chi connectivity index (χ0v) is 12.4. The molecule has 0 amide bonds. The zero-order chi connectivity index (χ0) is 14.1. The summed E-state index contributed by atoms with van der Waals surface area (Å²) in [6.45, 7) is 7.30. The predicted octanol–water partition coefficient (Wildman–Crippen LogP) is 3.49. The molecule has 3 rings (SSSR count). The maximum atomic E-state index is 5.82. The maximum absolute atomic E-state index is 5.82. The number of aromatic nitrogens is 2. The Morgan fingerprint density at radius 1 is 1.40 bits per heavy atom. The lowest BCUT2D eigenvalue weighted by Gasteiger charge is -2.32. The first-order valence-electron chi connectivity index (χ1n) is 7.46. The lowest BCUT2D eigenvalue weighted by molar-refractivity contribution is -0.0160. The number of hydrogen-bond acceptors (Lipinski definition) is 3. The van der Waals surface area contributed by atoms with E-state index in [4.69, 9.17) is 4.74 Å². The van der Waals surface area contributed by atoms with Gasteiger partial charge in [-0.1, -0.05) is 13.8 Å². The minimum Gasteiger partial charge on any atom is -0.382 e. The summed E-state index contributed by atoms with van der Waals surface area (Å²) in [5.41, 5.74) is 3.29. The molecule has 0 radical (unpaired) electrons. The molecule has 108 valence electrons. The van der Waals surface area contributed by atoms with Gasteiger partial charge in [-0.05, 0) is 43.9 Å². The van der Waals surface area contributed by atoms with E-state index >= 15 is 0 Å². The summed E-state index contributed by atoms with van der Waals surface area (Å²) in [6, 6.07) is 6.83. The summed E-state index contributed by atoms with van der Waals surface area (Å²) in [4.78, 5) is 7.72. The summed E-state index contributed by atoms with van der Waals surface area (Å²) < 4.78 is 5.82. The van der Waals surface area contributed by atoms with Gasteiger partial charge in [0.25, 0.3) is 0 Å². The van der Waals surface area contributed by atoms with Crippen LogP contribution >= 0.6 is 0 Å². The molecule has 0 bridgehead atoms. The van der Waals surface area contributed by atoms with Gasteiger partial charge in [0.1, 0.15) is 5.82 Å². The van der Waals surface area contributed by atoms with E-state index in [-0.39, 0.29) is 0 Å². The second-order valence-corrected chi connectivity index (χ2v) is 6.07. The lowest BCUT2D eigenvalue weighted by atomic mass is 9.95. The number of H-pyrrole nitrogens is 1. The van der Waals surface area contributed by atoms with E-state index in [0.29, 0.717) is 18.1 Å². The fraction of sp³-hybridized carbons (Fsp3) is 0.562. The van der Waals surface area contributed by atoms with Crippen LogP contribution < -0.4 is 5.32 Å². The first-order valence-corrected chi connectivity index (χ1v) is 7.46. The van der Waals surface area contributed by atoms with Gasteiger partial charge < -0.3 is 15.0 Å². The Kier molecular flexibility index (Phi) is 3.66. The highest BCUT2D eigenvalue weighted by atomic mass is 16.5. The van der Waals surface area contributed by atoms with Crippen molar-refractivity contribution in [3.05, 3.63) is 24.0 Å². The van der Waals surface area contributed by atoms with Crippen molar-refractivity contribution in [1.29, 1.82) is 0 Å². The third-order valence-corrected chi connectivity index (χ3v) is 4.03. The van der Waals surface area contributed by atoms with Crippen molar-refractivity contribution >= 4 is 16.7 Å². The molecular weight excluding hydrogens is 250 g/mol. The van der Waals surface area contributed by atoms with Crippen molar-refractivity contribution in [2.45, 2.75) is 45.8 Å². The molecule has 20 heavy (non-hydrogen) atoms. The van der Waals surface area contributed by atoms with E-state index in [2.05, 4.69) is 47.3 Å². The average molecular weight is 273 g/mol. The molecule has 2 unspecified atom stereocenters. The minimum absolute atomic E-state index is 0.374. The van der Waals surface area contributed by atoms with Crippen molar-refractivity contribution < 1.29 is 4.74 Å². The van der Waals surface area contributed by atoms with Crippen molar-refractivity contribution in [3.8, 4) is 0 Å². The average Bonchev–Trinajstić information content (AvgIpc) is 2.78. The van der Waals surface area contributed by atoms with E-state index in [9.17, 15) is 0 Å². The highest BCUT2D eigenvalue weighted by Crippen LogP contribution is 2.24. The van der Waals surface area contributed by atoms with Gasteiger partial charge >= 0.3 is 0 Å². The lowest BCUT2D eigenvalue weighted by Crippen LogP contribution is -2.36. The quantitative estimate of drug-likeness (QED) is 0.900. The number of aryl methyl sites for hydroxylation is 1. The first-order chi connectivity index (χ1) is 9.61. The molecule has 1 fully saturated rings. The van der Waals surface area contributed by atoms with E-state index in [1.807, 2.05) is 6.92 Å². The van der Waals surface area contributed by atoms with Gasteiger partial charge in [-0.25, -0.2) is 4.98 Å². The summed E-state index contributed by atoms with van der Waals surface area (Å²) >= 11 is 0. The smallest absolute Gasteiger partial charge is 0.104 e. The molecule has 1 aromatic heterocycles. The number of hydrogen-bond donors (Lipinski definition) is 2. The molecular formula is C16H23N3O. The Morgan fingerprint density at radius 2 is 2.25 bits per heavy atom. The zero-order valence-electron chi connectivity index (χ0n) is 12.4. The van der Waals surface area contributed by atoms with E-state index in [1.54, 1.807) is 0 Å². The molecule has 2 heterocycles. The van der Waals surface area contributed by atoms with Crippen LogP contribution in [-0.4, -0.2) is 28.7 Å². The van der Waals surface area contributed by atoms with E-state index < -0.39 is 0 Å². The van der Waals surface area contributed by atoms with E-state index in [0.717, 1.165) is 42.0 Å². The van der Waals surface area contributed by atoms with Crippen LogP contribution in [0.15, 0.2) is 18.2 Å². The van der Waals surface area contributed by atoms with Gasteiger partial charge in [0, 0.05) is 18.3 Å². The third-order valence-electron chi connectivity index (χ3n) is 4.03. The van der Waals surface area contributed by atoms with Gasteiger partial charge in [0.05, 0.1) is 17.1 Å². The number of aromatic amines is 1. The van der Waals surface area contributed by atoms with Crippen LogP contribution in [0, 0.1) is 12.8 Å². The van der Waals surface area contributed by atoms with Crippen LogP contribution in [0.5, 0.6) is 0 Å². The Morgan fingerprint density at radius 3 is 3.05 bits per heavy atom. The Labute approximate surface area is 119 Å². The molecule has 0 saturated carbocycles. The van der Waals surface area contributed by atoms with Crippen molar-refractivity contribution in [2.75, 3.05) is 11.9 Å². The van der Waals surface area contributed by atoms with Gasteiger partial charge in [-0.15, -0.1) is 0 Å². The van der Waals surface area contributed by atoms with Gasteiger partial charge in [-0.2, -0.15) is 0 Å². The second-order valence-electron chi connectivity index (χ2n) is 6.07. The van der Waals surface area contributed by atoms with Crippen molar-refractivity contribution in [1.82, 2.24) is 9.97 Å². The standard InChI is InChI=1S/C16H23N3O/c1-10(2)16-9-13(6-7-20-16)19-12-4-5-14-15(8-12)18-11(3)17-14/h4-5,8,10,13,16,19H,6-7,9H2,1-3H3,(H,17,18). The molecule has 4 heteroatoms. The van der Waals surface area contributed by atoms with Crippen LogP contribution in [0.4, 0.5) is 5.69 Å². The van der Waals surface area contributed by atoms with Crippen LogP contribution in [0.25, 0.3) is 11.0 Å². The molecule has 1 saturated heterocycles. The summed E-state index contributed by atoms with van der Waals surface area (Å²) in [7, 11) is 0. The Bertz CT molecular complexity index is 590. The molecule has 2 N–H and O–H groups in total. The fourth-order valence-electron chi connectivity index (χ4n) is 2.89. The fourth-order valence-corrected chi connectivity index (χ4v) is 2.89. The van der Waals surface area contributed by atoms with E-state index in [1.165, 1.54) is 0 Å². The number of anilines is 1. The maximum Gasteiger partial charge on any atom is 0.104 e. The summed E-state index contributed by atoms with van der Waals surface area (Å²) in [5, 5.41) is 3.64. The number of nitrogens with one attached hydrogen (secondary N) is 2. The molecule has 1 aliphatic heterocycles. The largest absolute Gasteiger partial charge is 0.382 e. The van der Waals surface area contributed by atoms with Crippen LogP contribution in [0.3, 0.4) is 0 Å². The van der Waals surface area contributed by atoms with Crippen molar-refractivity contribution in [3.63, 3.8) is 0 Å². The number of benzene rings is 1. The normalized spacial score (nSPS) is 23.4. The predicted molar refractivity (Wildman–Crippen MR) is 82.1 cm³/mol. The monoisotopic (exact) mass is 273 g/mol. The number of rotatable bonds is 3. The molecule has 2 atom stereocenters. The highest BCUT2D eigenvalue weighted by Gasteiger charge is 2.24. The molecule has 1 aliphatic rings. The third kappa shape index (κ3) is 2.80. The number of imidazole rings is 1. The van der Waals surface area contributed by atoms with Crippen LogP contribution in [0.1, 0.15) is 32.5 Å². The first kappa shape index (κ1) is 13.4.